The van der Waals surface area contributed by atoms with Gasteiger partial charge in [-0.1, -0.05) is 35.5 Å². The van der Waals surface area contributed by atoms with E-state index in [1.165, 1.54) is 34.1 Å². The number of thiazole rings is 1. The lowest BCUT2D eigenvalue weighted by molar-refractivity contribution is 0.0984. The normalized spacial score (nSPS) is 12.7. The maximum Gasteiger partial charge on any atom is 0.407 e. The molecule has 172 valence electrons. The minimum Gasteiger partial charge on any atom is -0.465 e. The molecule has 12 heteroatoms. The number of nitrogens with zero attached hydrogens (tertiary/aromatic N) is 4. The van der Waals surface area contributed by atoms with E-state index in [9.17, 15) is 14.3 Å². The average molecular weight is 563 g/mol. The molecule has 32 heavy (non-hydrogen) atoms. The molecule has 0 aliphatic carbocycles. The van der Waals surface area contributed by atoms with Crippen LogP contribution < -0.4 is 5.32 Å². The second-order valence-electron chi connectivity index (χ2n) is 8.09. The summed E-state index contributed by atoms with van der Waals surface area (Å²) in [5.74, 6) is 0.399. The Balaban J connectivity index is 1.84. The highest BCUT2D eigenvalue weighted by Crippen LogP contribution is 2.33. The third-order valence-electron chi connectivity index (χ3n) is 4.48. The summed E-state index contributed by atoms with van der Waals surface area (Å²) in [4.78, 5) is 26.5. The van der Waals surface area contributed by atoms with Crippen LogP contribution in [0.25, 0.3) is 10.3 Å². The average Bonchev–Trinajstić information content (AvgIpc) is 3.06. The van der Waals surface area contributed by atoms with Crippen LogP contribution in [-0.2, 0) is 5.75 Å². The Kier molecular flexibility index (Phi) is 7.85. The Labute approximate surface area is 206 Å². The molecule has 0 aliphatic heterocycles. The summed E-state index contributed by atoms with van der Waals surface area (Å²) in [7, 11) is 0. The van der Waals surface area contributed by atoms with Gasteiger partial charge in [0, 0.05) is 23.9 Å². The zero-order chi connectivity index (χ0) is 23.6. The predicted molar refractivity (Wildman–Crippen MR) is 131 cm³/mol. The summed E-state index contributed by atoms with van der Waals surface area (Å²) in [6.45, 7) is 7.70. The van der Waals surface area contributed by atoms with E-state index in [-0.39, 0.29) is 17.6 Å². The summed E-state index contributed by atoms with van der Waals surface area (Å²) >= 11 is 11.9. The van der Waals surface area contributed by atoms with Crippen LogP contribution in [0.3, 0.4) is 0 Å². The van der Waals surface area contributed by atoms with Crippen molar-refractivity contribution >= 4 is 72.9 Å². The first-order valence-electron chi connectivity index (χ1n) is 9.62. The van der Waals surface area contributed by atoms with Crippen LogP contribution in [0.1, 0.15) is 33.3 Å². The first-order chi connectivity index (χ1) is 15.0. The van der Waals surface area contributed by atoms with Crippen molar-refractivity contribution in [2.24, 2.45) is 0 Å². The standard InChI is InChI=1S/C20H22BrClFN5O2S2/c1-10(8-28(19(29)30)20(2,3)4)24-15-14-16(25-17(21)32-14)27-18(26-15)31-9-11-6-5-7-12(22)13(11)23/h5-7,10H,8-9H2,1-4H3,(H,29,30)(H,24,26,27)/t10-/m1/s1. The minimum absolute atomic E-state index is 0.0703. The summed E-state index contributed by atoms with van der Waals surface area (Å²) in [6, 6.07) is 4.64. The maximum atomic E-state index is 14.2. The van der Waals surface area contributed by atoms with Crippen molar-refractivity contribution in [3.05, 3.63) is 38.5 Å². The fraction of sp³-hybridized carbons (Fsp3) is 0.400. The minimum atomic E-state index is -0.987. The molecule has 0 radical (unpaired) electrons. The fourth-order valence-corrected chi connectivity index (χ4v) is 5.28. The van der Waals surface area contributed by atoms with E-state index >= 15 is 0 Å². The van der Waals surface area contributed by atoms with Crippen LogP contribution in [0.5, 0.6) is 0 Å². The molecule has 1 atom stereocenters. The Hall–Kier alpha value is -1.69. The van der Waals surface area contributed by atoms with Crippen molar-refractivity contribution in [3.63, 3.8) is 0 Å². The van der Waals surface area contributed by atoms with Gasteiger partial charge in [0.2, 0.25) is 0 Å². The molecule has 0 fully saturated rings. The van der Waals surface area contributed by atoms with Gasteiger partial charge in [-0.2, -0.15) is 0 Å². The number of nitrogens with one attached hydrogen (secondary N) is 1. The number of carboxylic acid groups (broad SMARTS) is 1. The highest BCUT2D eigenvalue weighted by Gasteiger charge is 2.28. The van der Waals surface area contributed by atoms with Crippen LogP contribution >= 0.6 is 50.6 Å². The van der Waals surface area contributed by atoms with Gasteiger partial charge in [0.05, 0.1) is 5.02 Å². The molecule has 2 N–H and O–H groups in total. The lowest BCUT2D eigenvalue weighted by Crippen LogP contribution is -2.49. The van der Waals surface area contributed by atoms with Crippen molar-refractivity contribution in [2.45, 2.75) is 50.2 Å². The van der Waals surface area contributed by atoms with Crippen molar-refractivity contribution < 1.29 is 14.3 Å². The number of rotatable bonds is 7. The smallest absolute Gasteiger partial charge is 0.407 e. The molecule has 0 spiro atoms. The van der Waals surface area contributed by atoms with Gasteiger partial charge >= 0.3 is 6.09 Å². The number of aromatic nitrogens is 3. The van der Waals surface area contributed by atoms with E-state index in [0.717, 1.165) is 4.70 Å². The third-order valence-corrected chi connectivity index (χ3v) is 7.17. The Morgan fingerprint density at radius 3 is 2.75 bits per heavy atom. The largest absolute Gasteiger partial charge is 0.465 e. The van der Waals surface area contributed by atoms with Gasteiger partial charge in [0.25, 0.3) is 0 Å². The third kappa shape index (κ3) is 6.00. The number of thioether (sulfide) groups is 1. The SMILES string of the molecule is C[C@H](CN(C(=O)O)C(C)(C)C)Nc1nc(SCc2cccc(Cl)c2F)nc2nc(Br)sc12. The first kappa shape index (κ1) is 24.9. The van der Waals surface area contributed by atoms with Crippen LogP contribution in [-0.4, -0.2) is 49.2 Å². The van der Waals surface area contributed by atoms with Gasteiger partial charge in [0.15, 0.2) is 20.5 Å². The lowest BCUT2D eigenvalue weighted by atomic mass is 10.1. The number of hydrogen-bond donors (Lipinski definition) is 2. The van der Waals surface area contributed by atoms with Crippen molar-refractivity contribution in [1.82, 2.24) is 19.9 Å². The summed E-state index contributed by atoms with van der Waals surface area (Å²) < 4.78 is 15.6. The highest BCUT2D eigenvalue weighted by atomic mass is 79.9. The molecule has 3 rings (SSSR count). The van der Waals surface area contributed by atoms with E-state index in [2.05, 4.69) is 36.2 Å². The molecule has 0 saturated carbocycles. The summed E-state index contributed by atoms with van der Waals surface area (Å²) in [6.07, 6.45) is -0.987. The summed E-state index contributed by atoms with van der Waals surface area (Å²) in [5.41, 5.74) is 0.417. The molecule has 0 aliphatic rings. The molecule has 0 bridgehead atoms. The molecule has 7 nitrogen and oxygen atoms in total. The molecule has 1 amide bonds. The number of carbonyl (C=O) groups is 1. The van der Waals surface area contributed by atoms with Gasteiger partial charge in [-0.15, -0.1) is 11.3 Å². The van der Waals surface area contributed by atoms with Gasteiger partial charge < -0.3 is 15.3 Å². The maximum absolute atomic E-state index is 14.2. The first-order valence-corrected chi connectivity index (χ1v) is 12.6. The van der Waals surface area contributed by atoms with Crippen LogP contribution in [0.15, 0.2) is 27.3 Å². The zero-order valence-electron chi connectivity index (χ0n) is 17.8. The number of halogens is 3. The van der Waals surface area contributed by atoms with Crippen LogP contribution in [0.4, 0.5) is 15.0 Å². The number of hydrogen-bond acceptors (Lipinski definition) is 7. The van der Waals surface area contributed by atoms with Gasteiger partial charge in [-0.3, -0.25) is 0 Å². The molecule has 2 aromatic heterocycles. The fourth-order valence-electron chi connectivity index (χ4n) is 2.94. The summed E-state index contributed by atoms with van der Waals surface area (Å²) in [5, 5.41) is 13.4. The van der Waals surface area contributed by atoms with E-state index in [4.69, 9.17) is 11.6 Å². The van der Waals surface area contributed by atoms with Crippen LogP contribution in [0, 0.1) is 5.82 Å². The molecule has 0 unspecified atom stereocenters. The quantitative estimate of drug-likeness (QED) is 0.250. The van der Waals surface area contributed by atoms with E-state index < -0.39 is 17.4 Å². The van der Waals surface area contributed by atoms with Crippen LogP contribution in [0.2, 0.25) is 5.02 Å². The molecular formula is C20H22BrClFN5O2S2. The van der Waals surface area contributed by atoms with Gasteiger partial charge in [0.1, 0.15) is 10.5 Å². The van der Waals surface area contributed by atoms with Crippen molar-refractivity contribution in [2.75, 3.05) is 11.9 Å². The number of anilines is 1. The number of benzene rings is 1. The van der Waals surface area contributed by atoms with E-state index in [0.29, 0.717) is 31.9 Å². The molecular weight excluding hydrogens is 541 g/mol. The zero-order valence-corrected chi connectivity index (χ0v) is 21.8. The second-order valence-corrected chi connectivity index (χ2v) is 11.7. The Morgan fingerprint density at radius 2 is 2.09 bits per heavy atom. The van der Waals surface area contributed by atoms with E-state index in [1.807, 2.05) is 27.7 Å². The predicted octanol–water partition coefficient (Wildman–Crippen LogP) is 6.51. The van der Waals surface area contributed by atoms with E-state index in [1.54, 1.807) is 12.1 Å². The molecule has 3 aromatic rings. The van der Waals surface area contributed by atoms with Crippen molar-refractivity contribution in [3.8, 4) is 0 Å². The molecule has 0 saturated heterocycles. The Bertz CT molecular complexity index is 1140. The Morgan fingerprint density at radius 1 is 1.38 bits per heavy atom. The molecule has 2 heterocycles. The molecule has 1 aromatic carbocycles. The monoisotopic (exact) mass is 561 g/mol. The van der Waals surface area contributed by atoms with Gasteiger partial charge in [-0.25, -0.2) is 24.1 Å². The number of amides is 1. The topological polar surface area (TPSA) is 91.2 Å². The van der Waals surface area contributed by atoms with Gasteiger partial charge in [-0.05, 0) is 55.3 Å². The lowest BCUT2D eigenvalue weighted by Gasteiger charge is -2.35. The second kappa shape index (κ2) is 10.1. The number of fused-ring (bicyclic) bond motifs is 1. The highest BCUT2D eigenvalue weighted by molar-refractivity contribution is 9.11. The van der Waals surface area contributed by atoms with Crippen molar-refractivity contribution in [1.29, 1.82) is 0 Å².